The molecule has 0 radical (unpaired) electrons. The number of nitriles is 1. The summed E-state index contributed by atoms with van der Waals surface area (Å²) in [6.45, 7) is 8.45. The van der Waals surface area contributed by atoms with Gasteiger partial charge >= 0.3 is 0 Å². The van der Waals surface area contributed by atoms with Crippen LogP contribution in [-0.4, -0.2) is 47.7 Å². The van der Waals surface area contributed by atoms with Gasteiger partial charge in [-0.15, -0.1) is 12.4 Å². The fourth-order valence-electron chi connectivity index (χ4n) is 3.93. The average Bonchev–Trinajstić information content (AvgIpc) is 3.38. The maximum absolute atomic E-state index is 9.63. The molecule has 1 N–H and O–H groups in total. The summed E-state index contributed by atoms with van der Waals surface area (Å²) >= 11 is 0. The minimum Gasteiger partial charge on any atom is -0.492 e. The number of ether oxygens (including phenoxy) is 1. The number of hydrogen-bond acceptors (Lipinski definition) is 8. The van der Waals surface area contributed by atoms with Crippen LogP contribution in [0.4, 0.5) is 17.5 Å². The number of nitrogens with zero attached hydrogens (tertiary/aromatic N) is 5. The maximum atomic E-state index is 9.63. The van der Waals surface area contributed by atoms with Gasteiger partial charge in [0.25, 0.3) is 0 Å². The van der Waals surface area contributed by atoms with E-state index in [1.165, 1.54) is 6.20 Å². The van der Waals surface area contributed by atoms with E-state index in [0.29, 0.717) is 30.5 Å². The first-order chi connectivity index (χ1) is 16.7. The number of aromatic nitrogens is 2. The summed E-state index contributed by atoms with van der Waals surface area (Å²) in [5, 5.41) is 14.6. The quantitative estimate of drug-likeness (QED) is 0.415. The third kappa shape index (κ3) is 6.61. The van der Waals surface area contributed by atoms with Gasteiger partial charge in [-0.3, -0.25) is 4.84 Å². The third-order valence-corrected chi connectivity index (χ3v) is 5.87. The standard InChI is InChI=1S/C26H30N6O2.ClH/c1-3-31(4-2)15-17-33-23-12-10-22(11-13-23)29-26-28-19-21(18-27)25(30-26)32-24(14-16-34-32)20-8-6-5-7-9-20;/h5-13,19,24H,3-4,14-17H2,1-2H3,(H,28,29,30);1H/t24-;/m0./s1. The highest BCUT2D eigenvalue weighted by atomic mass is 35.5. The lowest BCUT2D eigenvalue weighted by Crippen LogP contribution is -2.27. The number of halogens is 1. The summed E-state index contributed by atoms with van der Waals surface area (Å²) in [7, 11) is 0. The van der Waals surface area contributed by atoms with Crippen LogP contribution in [0, 0.1) is 11.3 Å². The number of hydroxylamine groups is 1. The Labute approximate surface area is 212 Å². The molecule has 9 heteroatoms. The zero-order valence-electron chi connectivity index (χ0n) is 20.1. The Hall–Kier alpha value is -3.38. The molecule has 2 heterocycles. The van der Waals surface area contributed by atoms with E-state index in [2.05, 4.69) is 52.2 Å². The Kier molecular flexibility index (Phi) is 9.67. The minimum atomic E-state index is -0.0103. The van der Waals surface area contributed by atoms with Crippen LogP contribution < -0.4 is 15.1 Å². The summed E-state index contributed by atoms with van der Waals surface area (Å²) in [6, 6.07) is 20.0. The normalized spacial score (nSPS) is 14.9. The molecule has 1 aromatic heterocycles. The van der Waals surface area contributed by atoms with Gasteiger partial charge in [-0.25, -0.2) is 10.0 Å². The molecule has 1 saturated heterocycles. The van der Waals surface area contributed by atoms with Crippen molar-refractivity contribution in [1.29, 1.82) is 5.26 Å². The molecule has 1 aliphatic rings. The van der Waals surface area contributed by atoms with Crippen molar-refractivity contribution in [2.75, 3.05) is 43.2 Å². The molecule has 0 spiro atoms. The van der Waals surface area contributed by atoms with E-state index in [4.69, 9.17) is 9.57 Å². The Morgan fingerprint density at radius 2 is 1.89 bits per heavy atom. The van der Waals surface area contributed by atoms with Crippen molar-refractivity contribution in [1.82, 2.24) is 14.9 Å². The van der Waals surface area contributed by atoms with Gasteiger partial charge in [-0.05, 0) is 42.9 Å². The van der Waals surface area contributed by atoms with Crippen molar-refractivity contribution in [2.45, 2.75) is 26.3 Å². The highest BCUT2D eigenvalue weighted by Gasteiger charge is 2.31. The van der Waals surface area contributed by atoms with E-state index in [1.807, 2.05) is 42.5 Å². The van der Waals surface area contributed by atoms with Crippen molar-refractivity contribution < 1.29 is 9.57 Å². The second kappa shape index (κ2) is 12.9. The van der Waals surface area contributed by atoms with Crippen molar-refractivity contribution in [3.63, 3.8) is 0 Å². The molecule has 0 aliphatic carbocycles. The van der Waals surface area contributed by atoms with Crippen molar-refractivity contribution in [3.05, 3.63) is 71.9 Å². The van der Waals surface area contributed by atoms with Gasteiger partial charge in [-0.1, -0.05) is 44.2 Å². The smallest absolute Gasteiger partial charge is 0.229 e. The number of likely N-dealkylation sites (N-methyl/N-ethyl adjacent to an activating group) is 1. The molecule has 8 nitrogen and oxygen atoms in total. The van der Waals surface area contributed by atoms with Gasteiger partial charge in [-0.2, -0.15) is 10.2 Å². The summed E-state index contributed by atoms with van der Waals surface area (Å²) in [5.74, 6) is 1.67. The Morgan fingerprint density at radius 1 is 1.14 bits per heavy atom. The summed E-state index contributed by atoms with van der Waals surface area (Å²) in [6.07, 6.45) is 2.34. The molecule has 1 aliphatic heterocycles. The van der Waals surface area contributed by atoms with Crippen molar-refractivity contribution in [2.24, 2.45) is 0 Å². The first kappa shape index (κ1) is 26.2. The highest BCUT2D eigenvalue weighted by Crippen LogP contribution is 2.35. The van der Waals surface area contributed by atoms with Crippen LogP contribution in [0.1, 0.15) is 37.4 Å². The van der Waals surface area contributed by atoms with Gasteiger partial charge in [0.15, 0.2) is 5.82 Å². The molecule has 3 aromatic rings. The SMILES string of the molecule is CCN(CC)CCOc1ccc(Nc2ncc(C#N)c(N3OCC[C@H]3c3ccccc3)n2)cc1.Cl. The van der Waals surface area contributed by atoms with Crippen molar-refractivity contribution >= 4 is 29.9 Å². The fourth-order valence-corrected chi connectivity index (χ4v) is 3.93. The zero-order chi connectivity index (χ0) is 23.8. The molecule has 0 saturated carbocycles. The Morgan fingerprint density at radius 3 is 2.57 bits per heavy atom. The summed E-state index contributed by atoms with van der Waals surface area (Å²) in [4.78, 5) is 17.2. The number of nitrogens with one attached hydrogen (secondary N) is 1. The Balaban J connectivity index is 0.00000342. The second-order valence-electron chi connectivity index (χ2n) is 7.94. The van der Waals surface area contributed by atoms with Crippen LogP contribution in [0.2, 0.25) is 0 Å². The monoisotopic (exact) mass is 494 g/mol. The van der Waals surface area contributed by atoms with Crippen LogP contribution in [0.15, 0.2) is 60.8 Å². The lowest BCUT2D eigenvalue weighted by molar-refractivity contribution is 0.156. The van der Waals surface area contributed by atoms with Gasteiger partial charge in [0.2, 0.25) is 5.95 Å². The van der Waals surface area contributed by atoms with E-state index in [9.17, 15) is 5.26 Å². The molecular formula is C26H31ClN6O2. The van der Waals surface area contributed by atoms with Crippen LogP contribution in [0.3, 0.4) is 0 Å². The van der Waals surface area contributed by atoms with E-state index < -0.39 is 0 Å². The molecule has 1 atom stereocenters. The highest BCUT2D eigenvalue weighted by molar-refractivity contribution is 5.85. The lowest BCUT2D eigenvalue weighted by atomic mass is 10.0. The van der Waals surface area contributed by atoms with E-state index in [1.54, 1.807) is 5.06 Å². The molecule has 0 bridgehead atoms. The number of rotatable bonds is 10. The number of hydrogen-bond donors (Lipinski definition) is 1. The molecule has 184 valence electrons. The molecule has 4 rings (SSSR count). The Bertz CT molecular complexity index is 1100. The van der Waals surface area contributed by atoms with E-state index in [-0.39, 0.29) is 18.4 Å². The summed E-state index contributed by atoms with van der Waals surface area (Å²) in [5.41, 5.74) is 2.31. The van der Waals surface area contributed by atoms with Gasteiger partial charge in [0.05, 0.1) is 18.8 Å². The van der Waals surface area contributed by atoms with Crippen molar-refractivity contribution in [3.8, 4) is 11.8 Å². The fraction of sp³-hybridized carbons (Fsp3) is 0.346. The van der Waals surface area contributed by atoms with Crippen LogP contribution in [0.25, 0.3) is 0 Å². The molecule has 0 unspecified atom stereocenters. The zero-order valence-corrected chi connectivity index (χ0v) is 20.9. The minimum absolute atomic E-state index is 0. The average molecular weight is 495 g/mol. The topological polar surface area (TPSA) is 86.5 Å². The molecule has 35 heavy (non-hydrogen) atoms. The first-order valence-electron chi connectivity index (χ1n) is 11.7. The second-order valence-corrected chi connectivity index (χ2v) is 7.94. The number of benzene rings is 2. The van der Waals surface area contributed by atoms with Crippen LogP contribution in [0.5, 0.6) is 5.75 Å². The van der Waals surface area contributed by atoms with E-state index >= 15 is 0 Å². The summed E-state index contributed by atoms with van der Waals surface area (Å²) < 4.78 is 5.86. The molecule has 0 amide bonds. The first-order valence-corrected chi connectivity index (χ1v) is 11.7. The molecule has 1 fully saturated rings. The van der Waals surface area contributed by atoms with Gasteiger partial charge in [0, 0.05) is 18.7 Å². The predicted octanol–water partition coefficient (Wildman–Crippen LogP) is 5.12. The third-order valence-electron chi connectivity index (χ3n) is 5.87. The van der Waals surface area contributed by atoms with Gasteiger partial charge in [0.1, 0.15) is 24.0 Å². The van der Waals surface area contributed by atoms with Crippen LogP contribution in [-0.2, 0) is 4.84 Å². The maximum Gasteiger partial charge on any atom is 0.229 e. The van der Waals surface area contributed by atoms with Gasteiger partial charge < -0.3 is 15.0 Å². The van der Waals surface area contributed by atoms with E-state index in [0.717, 1.165) is 43.1 Å². The largest absolute Gasteiger partial charge is 0.492 e. The van der Waals surface area contributed by atoms with Crippen LogP contribution >= 0.6 is 12.4 Å². The lowest BCUT2D eigenvalue weighted by Gasteiger charge is -2.24. The molecular weight excluding hydrogens is 464 g/mol. The number of anilines is 3. The molecule has 2 aromatic carbocycles. The predicted molar refractivity (Wildman–Crippen MR) is 139 cm³/mol.